The molecule has 0 heterocycles. The summed E-state index contributed by atoms with van der Waals surface area (Å²) in [7, 11) is -1.30. The van der Waals surface area contributed by atoms with E-state index < -0.39 is 8.32 Å². The van der Waals surface area contributed by atoms with Crippen molar-refractivity contribution in [1.82, 2.24) is 0 Å². The van der Waals surface area contributed by atoms with Gasteiger partial charge in [-0.05, 0) is 57.7 Å². The lowest BCUT2D eigenvalue weighted by Crippen LogP contribution is -2.30. The second-order valence-electron chi connectivity index (χ2n) is 5.40. The van der Waals surface area contributed by atoms with E-state index in [9.17, 15) is 0 Å². The van der Waals surface area contributed by atoms with Crippen LogP contribution in [0.5, 0.6) is 0 Å². The summed E-state index contributed by atoms with van der Waals surface area (Å²) < 4.78 is 6.12. The zero-order valence-corrected chi connectivity index (χ0v) is 10.9. The van der Waals surface area contributed by atoms with Gasteiger partial charge < -0.3 is 4.43 Å². The number of rotatable bonds is 5. The zero-order valence-electron chi connectivity index (χ0n) is 9.88. The van der Waals surface area contributed by atoms with Gasteiger partial charge in [0.1, 0.15) is 0 Å². The third-order valence-electron chi connectivity index (χ3n) is 2.79. The van der Waals surface area contributed by atoms with Crippen LogP contribution < -0.4 is 0 Å². The predicted octanol–water partition coefficient (Wildman–Crippen LogP) is 3.97. The lowest BCUT2D eigenvalue weighted by molar-refractivity contribution is 0.196. The Morgan fingerprint density at radius 2 is 2.07 bits per heavy atom. The highest BCUT2D eigenvalue weighted by Gasteiger charge is 2.28. The highest BCUT2D eigenvalue weighted by atomic mass is 28.4. The van der Waals surface area contributed by atoms with E-state index in [1.807, 2.05) is 6.08 Å². The fourth-order valence-corrected chi connectivity index (χ4v) is 3.47. The van der Waals surface area contributed by atoms with Crippen LogP contribution in [0.4, 0.5) is 0 Å². The maximum Gasteiger partial charge on any atom is 0.184 e. The van der Waals surface area contributed by atoms with Crippen molar-refractivity contribution in [3.05, 3.63) is 12.7 Å². The third kappa shape index (κ3) is 4.42. The molecule has 0 spiro atoms. The molecule has 0 N–H and O–H groups in total. The summed E-state index contributed by atoms with van der Waals surface area (Å²) in [5, 5.41) is 0. The molecule has 1 nitrogen and oxygen atoms in total. The van der Waals surface area contributed by atoms with Crippen LogP contribution >= 0.6 is 0 Å². The number of hydrogen-bond acceptors (Lipinski definition) is 1. The first-order chi connectivity index (χ1) is 6.51. The fraction of sp³-hybridized carbons (Fsp3) is 0.833. The minimum atomic E-state index is -1.30. The maximum absolute atomic E-state index is 6.12. The quantitative estimate of drug-likeness (QED) is 0.495. The van der Waals surface area contributed by atoms with Gasteiger partial charge in [0, 0.05) is 6.10 Å². The Balaban J connectivity index is 2.23. The van der Waals surface area contributed by atoms with Crippen molar-refractivity contribution < 1.29 is 4.43 Å². The third-order valence-corrected chi connectivity index (χ3v) is 3.83. The van der Waals surface area contributed by atoms with Gasteiger partial charge >= 0.3 is 0 Å². The van der Waals surface area contributed by atoms with Crippen molar-refractivity contribution in [2.24, 2.45) is 5.92 Å². The van der Waals surface area contributed by atoms with Crippen LogP contribution in [0.2, 0.25) is 19.6 Å². The highest BCUT2D eigenvalue weighted by molar-refractivity contribution is 6.69. The van der Waals surface area contributed by atoms with Crippen molar-refractivity contribution >= 4 is 8.32 Å². The maximum atomic E-state index is 6.12. The Hall–Kier alpha value is -0.0831. The Morgan fingerprint density at radius 3 is 2.64 bits per heavy atom. The topological polar surface area (TPSA) is 9.23 Å². The van der Waals surface area contributed by atoms with E-state index in [4.69, 9.17) is 4.43 Å². The Bertz CT molecular complexity index is 183. The summed E-state index contributed by atoms with van der Waals surface area (Å²) in [5.41, 5.74) is 0. The fourth-order valence-electron chi connectivity index (χ4n) is 2.25. The molecule has 1 rings (SSSR count). The molecule has 0 bridgehead atoms. The smallest absolute Gasteiger partial charge is 0.184 e. The minimum Gasteiger partial charge on any atom is -0.415 e. The van der Waals surface area contributed by atoms with Gasteiger partial charge in [-0.2, -0.15) is 0 Å². The molecule has 1 aliphatic carbocycles. The molecule has 1 saturated carbocycles. The van der Waals surface area contributed by atoms with Gasteiger partial charge in [0.25, 0.3) is 0 Å². The van der Waals surface area contributed by atoms with E-state index in [0.717, 1.165) is 5.92 Å². The van der Waals surface area contributed by atoms with E-state index in [1.54, 1.807) is 0 Å². The van der Waals surface area contributed by atoms with Crippen molar-refractivity contribution in [2.45, 2.75) is 57.8 Å². The van der Waals surface area contributed by atoms with Crippen LogP contribution in [0, 0.1) is 5.92 Å². The van der Waals surface area contributed by atoms with Crippen LogP contribution in [0.15, 0.2) is 12.7 Å². The normalized spacial score (nSPS) is 27.9. The van der Waals surface area contributed by atoms with Crippen molar-refractivity contribution in [1.29, 1.82) is 0 Å². The monoisotopic (exact) mass is 212 g/mol. The average molecular weight is 212 g/mol. The SMILES string of the molecule is C=CCC[C@H]1CC[C@@H](O[Si](C)(C)C)C1. The molecule has 0 unspecified atom stereocenters. The largest absolute Gasteiger partial charge is 0.415 e. The molecule has 0 aromatic carbocycles. The van der Waals surface area contributed by atoms with Gasteiger partial charge in [0.15, 0.2) is 8.32 Å². The molecule has 0 aliphatic heterocycles. The predicted molar refractivity (Wildman–Crippen MR) is 65.0 cm³/mol. The minimum absolute atomic E-state index is 0.566. The number of allylic oxidation sites excluding steroid dienone is 1. The van der Waals surface area contributed by atoms with Crippen LogP contribution in [0.3, 0.4) is 0 Å². The van der Waals surface area contributed by atoms with E-state index in [2.05, 4.69) is 26.2 Å². The lowest BCUT2D eigenvalue weighted by atomic mass is 10.0. The molecule has 0 amide bonds. The Kier molecular flexibility index (Phi) is 4.39. The second kappa shape index (κ2) is 5.13. The standard InChI is InChI=1S/C12H24OSi/c1-5-6-7-11-8-9-12(10-11)13-14(2,3)4/h5,11-12H,1,6-10H2,2-4H3/t11-,12+/m0/s1. The first-order valence-electron chi connectivity index (χ1n) is 5.80. The molecule has 0 radical (unpaired) electrons. The first-order valence-corrected chi connectivity index (χ1v) is 9.21. The van der Waals surface area contributed by atoms with Gasteiger partial charge in [-0.3, -0.25) is 0 Å². The Labute approximate surface area is 89.7 Å². The van der Waals surface area contributed by atoms with Crippen molar-refractivity contribution in [3.8, 4) is 0 Å². The molecular formula is C12H24OSi. The van der Waals surface area contributed by atoms with Gasteiger partial charge in [0.2, 0.25) is 0 Å². The lowest BCUT2D eigenvalue weighted by Gasteiger charge is -2.23. The molecular weight excluding hydrogens is 188 g/mol. The zero-order chi connectivity index (χ0) is 10.6. The molecule has 82 valence electrons. The summed E-state index contributed by atoms with van der Waals surface area (Å²) in [6, 6.07) is 0. The van der Waals surface area contributed by atoms with Gasteiger partial charge in [-0.1, -0.05) is 6.08 Å². The van der Waals surface area contributed by atoms with Crippen molar-refractivity contribution in [3.63, 3.8) is 0 Å². The summed E-state index contributed by atoms with van der Waals surface area (Å²) in [6.45, 7) is 10.6. The Morgan fingerprint density at radius 1 is 1.36 bits per heavy atom. The molecule has 0 aromatic heterocycles. The average Bonchev–Trinajstić information content (AvgIpc) is 2.46. The summed E-state index contributed by atoms with van der Waals surface area (Å²) >= 11 is 0. The summed E-state index contributed by atoms with van der Waals surface area (Å²) in [4.78, 5) is 0. The van der Waals surface area contributed by atoms with Gasteiger partial charge in [0.05, 0.1) is 0 Å². The van der Waals surface area contributed by atoms with E-state index in [-0.39, 0.29) is 0 Å². The van der Waals surface area contributed by atoms with E-state index in [0.29, 0.717) is 6.10 Å². The van der Waals surface area contributed by atoms with Crippen molar-refractivity contribution in [2.75, 3.05) is 0 Å². The first kappa shape index (κ1) is 12.0. The molecule has 2 heteroatoms. The van der Waals surface area contributed by atoms with E-state index in [1.165, 1.54) is 32.1 Å². The molecule has 0 aromatic rings. The van der Waals surface area contributed by atoms with E-state index >= 15 is 0 Å². The van der Waals surface area contributed by atoms with Crippen LogP contribution in [-0.2, 0) is 4.43 Å². The molecule has 2 atom stereocenters. The summed E-state index contributed by atoms with van der Waals surface area (Å²) in [5.74, 6) is 0.898. The molecule has 1 fully saturated rings. The van der Waals surface area contributed by atoms with Gasteiger partial charge in [-0.25, -0.2) is 0 Å². The van der Waals surface area contributed by atoms with Crippen LogP contribution in [-0.4, -0.2) is 14.4 Å². The van der Waals surface area contributed by atoms with Crippen LogP contribution in [0.25, 0.3) is 0 Å². The number of hydrogen-bond donors (Lipinski definition) is 0. The molecule has 0 saturated heterocycles. The summed E-state index contributed by atoms with van der Waals surface area (Å²) in [6.07, 6.45) is 9.02. The highest BCUT2D eigenvalue weighted by Crippen LogP contribution is 2.32. The second-order valence-corrected chi connectivity index (χ2v) is 9.86. The molecule has 14 heavy (non-hydrogen) atoms. The van der Waals surface area contributed by atoms with Gasteiger partial charge in [-0.15, -0.1) is 6.58 Å². The molecule has 1 aliphatic rings. The van der Waals surface area contributed by atoms with Crippen LogP contribution in [0.1, 0.15) is 32.1 Å².